The third-order valence-corrected chi connectivity index (χ3v) is 12.9. The minimum atomic E-state index is -2.15. The van der Waals surface area contributed by atoms with E-state index in [0.717, 1.165) is 0 Å². The number of hydrogen-bond donors (Lipinski definition) is 5. The van der Waals surface area contributed by atoms with Gasteiger partial charge in [0.15, 0.2) is 0 Å². The molecule has 12 heteroatoms. The van der Waals surface area contributed by atoms with Crippen molar-refractivity contribution >= 4 is 5.97 Å². The third kappa shape index (κ3) is 3.16. The van der Waals surface area contributed by atoms with Crippen molar-refractivity contribution in [3.8, 4) is 0 Å². The molecule has 1 unspecified atom stereocenters. The van der Waals surface area contributed by atoms with E-state index in [0.29, 0.717) is 13.1 Å². The summed E-state index contributed by atoms with van der Waals surface area (Å²) in [6.07, 6.45) is -7.16. The van der Waals surface area contributed by atoms with Gasteiger partial charge in [0.2, 0.25) is 0 Å². The largest absolute Gasteiger partial charge is 0.455 e. The van der Waals surface area contributed by atoms with Crippen LogP contribution in [0, 0.1) is 28.6 Å². The highest BCUT2D eigenvalue weighted by Gasteiger charge is 2.95. The molecule has 1 aromatic carbocycles. The number of aliphatic hydroxyl groups is 5. The van der Waals surface area contributed by atoms with Crippen molar-refractivity contribution in [2.75, 3.05) is 48.1 Å². The van der Waals surface area contributed by atoms with Gasteiger partial charge in [0.1, 0.15) is 29.5 Å². The molecule has 5 saturated carbocycles. The van der Waals surface area contributed by atoms with Crippen LogP contribution in [0.3, 0.4) is 0 Å². The summed E-state index contributed by atoms with van der Waals surface area (Å²) in [6.45, 7) is 3.02. The van der Waals surface area contributed by atoms with Gasteiger partial charge in [-0.1, -0.05) is 25.1 Å². The van der Waals surface area contributed by atoms with Gasteiger partial charge in [-0.2, -0.15) is 0 Å². The number of aliphatic hydroxyl groups excluding tert-OH is 2. The molecule has 7 rings (SSSR count). The van der Waals surface area contributed by atoms with Crippen LogP contribution in [0.25, 0.3) is 0 Å². The fourth-order valence-electron chi connectivity index (χ4n) is 11.9. The van der Waals surface area contributed by atoms with Crippen molar-refractivity contribution in [3.63, 3.8) is 0 Å². The molecule has 1 aliphatic heterocycles. The van der Waals surface area contributed by atoms with Gasteiger partial charge in [-0.15, -0.1) is 0 Å². The molecule has 0 radical (unpaired) electrons. The number of nitrogens with zero attached hydrogens (tertiary/aromatic N) is 1. The molecule has 6 fully saturated rings. The summed E-state index contributed by atoms with van der Waals surface area (Å²) in [5, 5.41) is 63.2. The van der Waals surface area contributed by atoms with Gasteiger partial charge < -0.3 is 49.2 Å². The second-order valence-electron chi connectivity index (χ2n) is 14.0. The van der Waals surface area contributed by atoms with E-state index in [1.54, 1.807) is 37.4 Å². The number of likely N-dealkylation sites (tertiary alicyclic amines) is 1. The third-order valence-electron chi connectivity index (χ3n) is 12.9. The average molecular weight is 620 g/mol. The monoisotopic (exact) mass is 619 g/mol. The Morgan fingerprint density at radius 2 is 1.68 bits per heavy atom. The fraction of sp³-hybridized carbons (Fsp3) is 0.781. The maximum atomic E-state index is 13.6. The Labute approximate surface area is 256 Å². The van der Waals surface area contributed by atoms with Crippen LogP contribution in [-0.2, 0) is 23.7 Å². The minimum Gasteiger partial charge on any atom is -0.455 e. The topological polar surface area (TPSA) is 168 Å². The molecule has 44 heavy (non-hydrogen) atoms. The van der Waals surface area contributed by atoms with Crippen LogP contribution in [-0.4, -0.2) is 144 Å². The van der Waals surface area contributed by atoms with E-state index < -0.39 is 94.0 Å². The molecule has 1 aromatic rings. The Morgan fingerprint density at radius 1 is 0.977 bits per heavy atom. The predicted molar refractivity (Wildman–Crippen MR) is 152 cm³/mol. The number of hydrogen-bond acceptors (Lipinski definition) is 12. The summed E-state index contributed by atoms with van der Waals surface area (Å²) < 4.78 is 30.1. The van der Waals surface area contributed by atoms with Crippen LogP contribution in [0.2, 0.25) is 0 Å². The Kier molecular flexibility index (Phi) is 6.96. The van der Waals surface area contributed by atoms with Gasteiger partial charge in [0.05, 0.1) is 42.0 Å². The van der Waals surface area contributed by atoms with Crippen LogP contribution in [0.5, 0.6) is 0 Å². The zero-order valence-electron chi connectivity index (χ0n) is 25.8. The standard InChI is InChI=1S/C32H45NO11/c1-6-33-14-28(15-40-2)17(34)12-18(41-3)31-21(28)20(42-4)19(23(31)33)32(39)22-25(44-27(36)16-10-8-7-9-11-16)29(37,13-30(22,31)38)26(43-5)24(32)35/h7-11,17-26,34-35,37-39H,6,12-15H2,1-5H3/t17-,18+,19+,20+,21-,22+,23?,24+,25-,26+,28+,29-,30+,31-,32+/m1/s1. The SMILES string of the molecule is CCN1C[C@]2(COC)[C@H](O)C[C@H](OC)[C@]34C1[C@H]([C@H](OC)[C@H]23)[C@]1(O)[C@H]2[C@@H](OC(=O)c3ccccc3)[C@](O)(C[C@]24O)[C@@H](OC)[C@@H]1O. The summed E-state index contributed by atoms with van der Waals surface area (Å²) >= 11 is 0. The molecular weight excluding hydrogens is 574 g/mol. The number of benzene rings is 1. The Morgan fingerprint density at radius 3 is 2.27 bits per heavy atom. The van der Waals surface area contributed by atoms with E-state index in [-0.39, 0.29) is 25.0 Å². The normalized spacial score (nSPS) is 53.5. The highest BCUT2D eigenvalue weighted by Crippen LogP contribution is 2.81. The number of carbonyl (C=O) groups excluding carboxylic acids is 1. The molecule has 0 amide bonds. The van der Waals surface area contributed by atoms with Gasteiger partial charge in [0.25, 0.3) is 0 Å². The second-order valence-corrected chi connectivity index (χ2v) is 14.0. The molecule has 6 aliphatic rings. The van der Waals surface area contributed by atoms with E-state index in [9.17, 15) is 30.3 Å². The molecule has 12 nitrogen and oxygen atoms in total. The highest BCUT2D eigenvalue weighted by atomic mass is 16.6. The first-order chi connectivity index (χ1) is 20.9. The summed E-state index contributed by atoms with van der Waals surface area (Å²) in [4.78, 5) is 15.7. The smallest absolute Gasteiger partial charge is 0.338 e. The van der Waals surface area contributed by atoms with Crippen LogP contribution < -0.4 is 0 Å². The maximum absolute atomic E-state index is 13.6. The summed E-state index contributed by atoms with van der Waals surface area (Å²) in [7, 11) is 5.96. The number of esters is 1. The van der Waals surface area contributed by atoms with Crippen LogP contribution in [0.1, 0.15) is 30.1 Å². The maximum Gasteiger partial charge on any atom is 0.338 e. The first kappa shape index (κ1) is 30.9. The lowest BCUT2D eigenvalue weighted by atomic mass is 9.40. The Balaban J connectivity index is 1.52. The van der Waals surface area contributed by atoms with Crippen LogP contribution >= 0.6 is 0 Å². The summed E-state index contributed by atoms with van der Waals surface area (Å²) in [5.41, 5.74) is -8.14. The van der Waals surface area contributed by atoms with E-state index in [1.807, 2.05) is 6.92 Å². The van der Waals surface area contributed by atoms with Crippen molar-refractivity contribution in [2.45, 2.75) is 79.2 Å². The van der Waals surface area contributed by atoms with Gasteiger partial charge in [-0.3, -0.25) is 4.90 Å². The molecular formula is C32H45NO11. The number of fused-ring (bicyclic) bond motifs is 2. The summed E-state index contributed by atoms with van der Waals surface area (Å²) in [5.74, 6) is -3.55. The fourth-order valence-corrected chi connectivity index (χ4v) is 11.9. The first-order valence-corrected chi connectivity index (χ1v) is 15.5. The van der Waals surface area contributed by atoms with Crippen LogP contribution in [0.15, 0.2) is 30.3 Å². The molecule has 5 N–H and O–H groups in total. The highest BCUT2D eigenvalue weighted by molar-refractivity contribution is 5.89. The first-order valence-electron chi connectivity index (χ1n) is 15.5. The minimum absolute atomic E-state index is 0.145. The Bertz CT molecular complexity index is 1300. The van der Waals surface area contributed by atoms with Crippen molar-refractivity contribution < 1.29 is 54.0 Å². The second kappa shape index (κ2) is 9.90. The van der Waals surface area contributed by atoms with Gasteiger partial charge in [-0.25, -0.2) is 4.79 Å². The molecule has 7 bridgehead atoms. The number of piperidine rings is 1. The number of methoxy groups -OCH3 is 4. The van der Waals surface area contributed by atoms with Crippen LogP contribution in [0.4, 0.5) is 0 Å². The molecule has 1 heterocycles. The average Bonchev–Trinajstić information content (AvgIpc) is 3.37. The van der Waals surface area contributed by atoms with Crippen molar-refractivity contribution in [1.29, 1.82) is 0 Å². The molecule has 1 spiro atoms. The lowest BCUT2D eigenvalue weighted by Crippen LogP contribution is -2.85. The van der Waals surface area contributed by atoms with Gasteiger partial charge in [0, 0.05) is 76.5 Å². The lowest BCUT2D eigenvalue weighted by Gasteiger charge is -2.72. The zero-order valence-corrected chi connectivity index (χ0v) is 25.8. The van der Waals surface area contributed by atoms with Crippen molar-refractivity contribution in [3.05, 3.63) is 35.9 Å². The Hall–Kier alpha value is -1.71. The summed E-state index contributed by atoms with van der Waals surface area (Å²) in [6, 6.07) is 7.71. The van der Waals surface area contributed by atoms with E-state index in [2.05, 4.69) is 4.90 Å². The van der Waals surface area contributed by atoms with Crippen molar-refractivity contribution in [2.24, 2.45) is 28.6 Å². The molecule has 1 saturated heterocycles. The number of rotatable bonds is 8. The van der Waals surface area contributed by atoms with E-state index >= 15 is 0 Å². The molecule has 0 aromatic heterocycles. The van der Waals surface area contributed by atoms with Gasteiger partial charge >= 0.3 is 5.97 Å². The van der Waals surface area contributed by atoms with Gasteiger partial charge in [-0.05, 0) is 18.7 Å². The van der Waals surface area contributed by atoms with E-state index in [4.69, 9.17) is 23.7 Å². The number of carbonyl (C=O) groups is 1. The van der Waals surface area contributed by atoms with E-state index in [1.165, 1.54) is 21.3 Å². The predicted octanol–water partition coefficient (Wildman–Crippen LogP) is -0.808. The molecule has 15 atom stereocenters. The molecule has 5 aliphatic carbocycles. The molecule has 244 valence electrons. The lowest BCUT2D eigenvalue weighted by molar-refractivity contribution is -0.354. The van der Waals surface area contributed by atoms with Crippen molar-refractivity contribution in [1.82, 2.24) is 4.90 Å². The zero-order chi connectivity index (χ0) is 31.6. The number of ether oxygens (including phenoxy) is 5. The quantitative estimate of drug-likeness (QED) is 0.230.